The first-order valence-corrected chi connectivity index (χ1v) is 7.63. The molecule has 100 valence electrons. The average molecular weight is 314 g/mol. The molecule has 1 unspecified atom stereocenters. The highest BCUT2D eigenvalue weighted by atomic mass is 79.9. The molecule has 0 radical (unpaired) electrons. The van der Waals surface area contributed by atoms with Crippen LogP contribution in [0.15, 0.2) is 6.20 Å². The lowest BCUT2D eigenvalue weighted by molar-refractivity contribution is 0.0729. The Morgan fingerprint density at radius 1 is 1.61 bits per heavy atom. The van der Waals surface area contributed by atoms with Crippen LogP contribution < -0.4 is 0 Å². The van der Waals surface area contributed by atoms with Crippen LogP contribution in [0.1, 0.15) is 41.7 Å². The summed E-state index contributed by atoms with van der Waals surface area (Å²) in [5.74, 6) is 0.151. The van der Waals surface area contributed by atoms with E-state index >= 15 is 0 Å². The van der Waals surface area contributed by atoms with Crippen molar-refractivity contribution in [3.63, 3.8) is 0 Å². The van der Waals surface area contributed by atoms with Gasteiger partial charge in [0.1, 0.15) is 0 Å². The zero-order chi connectivity index (χ0) is 13.1. The van der Waals surface area contributed by atoms with E-state index in [1.54, 1.807) is 10.9 Å². The van der Waals surface area contributed by atoms with Gasteiger partial charge in [-0.05, 0) is 32.6 Å². The van der Waals surface area contributed by atoms with Crippen LogP contribution >= 0.6 is 15.9 Å². The van der Waals surface area contributed by atoms with Crippen molar-refractivity contribution < 1.29 is 4.79 Å². The van der Waals surface area contributed by atoms with Crippen LogP contribution in [0.4, 0.5) is 0 Å². The average Bonchev–Trinajstić information content (AvgIpc) is 2.95. The zero-order valence-corrected chi connectivity index (χ0v) is 12.6. The van der Waals surface area contributed by atoms with Gasteiger partial charge in [-0.2, -0.15) is 5.10 Å². The third-order valence-corrected chi connectivity index (χ3v) is 4.34. The second kappa shape index (κ2) is 5.87. The lowest BCUT2D eigenvalue weighted by Crippen LogP contribution is -2.35. The van der Waals surface area contributed by atoms with E-state index in [0.717, 1.165) is 48.8 Å². The minimum absolute atomic E-state index is 0.151. The molecule has 1 aliphatic heterocycles. The first-order chi connectivity index (χ1) is 8.65. The summed E-state index contributed by atoms with van der Waals surface area (Å²) in [7, 11) is 1.87. The van der Waals surface area contributed by atoms with Crippen molar-refractivity contribution in [1.29, 1.82) is 0 Å². The van der Waals surface area contributed by atoms with E-state index in [1.165, 1.54) is 0 Å². The molecule has 0 N–H and O–H groups in total. The van der Waals surface area contributed by atoms with Crippen molar-refractivity contribution in [1.82, 2.24) is 14.7 Å². The fourth-order valence-corrected chi connectivity index (χ4v) is 2.90. The van der Waals surface area contributed by atoms with Crippen LogP contribution in [0.2, 0.25) is 0 Å². The van der Waals surface area contributed by atoms with Crippen molar-refractivity contribution in [2.45, 2.75) is 38.6 Å². The predicted molar refractivity (Wildman–Crippen MR) is 75.0 cm³/mol. The van der Waals surface area contributed by atoms with Gasteiger partial charge in [-0.25, -0.2) is 0 Å². The third kappa shape index (κ3) is 2.60. The summed E-state index contributed by atoms with van der Waals surface area (Å²) in [6, 6.07) is 0.412. The van der Waals surface area contributed by atoms with Crippen molar-refractivity contribution in [3.05, 3.63) is 17.5 Å². The maximum Gasteiger partial charge on any atom is 0.257 e. The van der Waals surface area contributed by atoms with Gasteiger partial charge in [0, 0.05) is 30.7 Å². The molecule has 2 rings (SSSR count). The fraction of sp³-hybridized carbons (Fsp3) is 0.692. The van der Waals surface area contributed by atoms with Gasteiger partial charge in [-0.15, -0.1) is 0 Å². The molecule has 5 heteroatoms. The Morgan fingerprint density at radius 2 is 2.39 bits per heavy atom. The number of nitrogens with zero attached hydrogens (tertiary/aromatic N) is 3. The lowest BCUT2D eigenvalue weighted by atomic mass is 10.1. The molecule has 0 aliphatic carbocycles. The Hall–Kier alpha value is -0.840. The number of amides is 1. The van der Waals surface area contributed by atoms with Crippen LogP contribution in [0, 0.1) is 6.92 Å². The van der Waals surface area contributed by atoms with Gasteiger partial charge in [0.2, 0.25) is 0 Å². The molecular weight excluding hydrogens is 294 g/mol. The molecule has 0 saturated carbocycles. The molecule has 0 aromatic carbocycles. The monoisotopic (exact) mass is 313 g/mol. The molecule has 1 aliphatic rings. The molecule has 1 aromatic rings. The quantitative estimate of drug-likeness (QED) is 0.801. The number of halogens is 1. The Bertz CT molecular complexity index is 430. The highest BCUT2D eigenvalue weighted by Crippen LogP contribution is 2.24. The normalized spacial score (nSPS) is 19.5. The summed E-state index contributed by atoms with van der Waals surface area (Å²) in [5.41, 5.74) is 1.70. The van der Waals surface area contributed by atoms with Crippen LogP contribution in [0.25, 0.3) is 0 Å². The maximum absolute atomic E-state index is 12.5. The van der Waals surface area contributed by atoms with Crippen LogP contribution in [0.3, 0.4) is 0 Å². The van der Waals surface area contributed by atoms with E-state index in [1.807, 2.05) is 18.9 Å². The van der Waals surface area contributed by atoms with Crippen LogP contribution in [-0.4, -0.2) is 38.5 Å². The smallest absolute Gasteiger partial charge is 0.257 e. The number of aromatic nitrogens is 2. The van der Waals surface area contributed by atoms with Gasteiger partial charge >= 0.3 is 0 Å². The Kier molecular flexibility index (Phi) is 4.43. The molecule has 2 heterocycles. The lowest BCUT2D eigenvalue weighted by Gasteiger charge is -2.24. The number of carbonyl (C=O) groups excluding carboxylic acids is 1. The van der Waals surface area contributed by atoms with E-state index in [9.17, 15) is 4.79 Å². The van der Waals surface area contributed by atoms with E-state index in [-0.39, 0.29) is 5.91 Å². The third-order valence-electron chi connectivity index (χ3n) is 3.77. The van der Waals surface area contributed by atoms with E-state index < -0.39 is 0 Å². The molecular formula is C13H20BrN3O. The Labute approximate surface area is 116 Å². The van der Waals surface area contributed by atoms with Crippen molar-refractivity contribution >= 4 is 21.8 Å². The van der Waals surface area contributed by atoms with Crippen LogP contribution in [-0.2, 0) is 7.05 Å². The number of rotatable bonds is 4. The molecule has 0 spiro atoms. The maximum atomic E-state index is 12.5. The van der Waals surface area contributed by atoms with Gasteiger partial charge in [-0.1, -0.05) is 15.9 Å². The standard InChI is InChI=1S/C13H20BrN3O/c1-10-12(9-15-16(10)2)13(18)17-8-4-6-11(17)5-3-7-14/h9,11H,3-8H2,1-2H3. The highest BCUT2D eigenvalue weighted by Gasteiger charge is 2.30. The van der Waals surface area contributed by atoms with Crippen LogP contribution in [0.5, 0.6) is 0 Å². The molecule has 1 atom stereocenters. The number of carbonyl (C=O) groups is 1. The number of aryl methyl sites for hydroxylation is 1. The first-order valence-electron chi connectivity index (χ1n) is 6.50. The fourth-order valence-electron chi connectivity index (χ4n) is 2.58. The second-order valence-electron chi connectivity index (χ2n) is 4.89. The molecule has 18 heavy (non-hydrogen) atoms. The summed E-state index contributed by atoms with van der Waals surface area (Å²) in [4.78, 5) is 14.5. The number of likely N-dealkylation sites (tertiary alicyclic amines) is 1. The van der Waals surface area contributed by atoms with E-state index in [2.05, 4.69) is 21.0 Å². The molecule has 1 saturated heterocycles. The largest absolute Gasteiger partial charge is 0.336 e. The summed E-state index contributed by atoms with van der Waals surface area (Å²) >= 11 is 3.46. The molecule has 1 aromatic heterocycles. The van der Waals surface area contributed by atoms with E-state index in [0.29, 0.717) is 6.04 Å². The van der Waals surface area contributed by atoms with Crippen molar-refractivity contribution in [3.8, 4) is 0 Å². The topological polar surface area (TPSA) is 38.1 Å². The predicted octanol–water partition coefficient (Wildman–Crippen LogP) is 2.51. The summed E-state index contributed by atoms with van der Waals surface area (Å²) in [6.07, 6.45) is 6.17. The minimum atomic E-state index is 0.151. The molecule has 4 nitrogen and oxygen atoms in total. The summed E-state index contributed by atoms with van der Waals surface area (Å²) in [5, 5.41) is 5.17. The molecule has 1 fully saturated rings. The number of hydrogen-bond acceptors (Lipinski definition) is 2. The second-order valence-corrected chi connectivity index (χ2v) is 5.69. The number of hydrogen-bond donors (Lipinski definition) is 0. The SMILES string of the molecule is Cc1c(C(=O)N2CCCC2CCCBr)cnn1C. The minimum Gasteiger partial charge on any atom is -0.336 e. The van der Waals surface area contributed by atoms with E-state index in [4.69, 9.17) is 0 Å². The van der Waals surface area contributed by atoms with Crippen molar-refractivity contribution in [2.75, 3.05) is 11.9 Å². The number of alkyl halides is 1. The zero-order valence-electron chi connectivity index (χ0n) is 11.0. The van der Waals surface area contributed by atoms with Gasteiger partial charge in [0.15, 0.2) is 0 Å². The summed E-state index contributed by atoms with van der Waals surface area (Å²) < 4.78 is 1.76. The van der Waals surface area contributed by atoms with Crippen molar-refractivity contribution in [2.24, 2.45) is 7.05 Å². The van der Waals surface area contributed by atoms with Gasteiger partial charge in [-0.3, -0.25) is 9.48 Å². The summed E-state index contributed by atoms with van der Waals surface area (Å²) in [6.45, 7) is 2.84. The Balaban J connectivity index is 2.10. The molecule has 1 amide bonds. The van der Waals surface area contributed by atoms with Gasteiger partial charge in [0.25, 0.3) is 5.91 Å². The molecule has 0 bridgehead atoms. The van der Waals surface area contributed by atoms with Gasteiger partial charge < -0.3 is 4.90 Å². The highest BCUT2D eigenvalue weighted by molar-refractivity contribution is 9.09. The first kappa shape index (κ1) is 13.6. The van der Waals surface area contributed by atoms with Gasteiger partial charge in [0.05, 0.1) is 11.8 Å². The Morgan fingerprint density at radius 3 is 3.00 bits per heavy atom.